The predicted octanol–water partition coefficient (Wildman–Crippen LogP) is 4.69. The van der Waals surface area contributed by atoms with Crippen LogP contribution in [0.1, 0.15) is 54.7 Å². The first-order valence-corrected chi connectivity index (χ1v) is 13.1. The average Bonchev–Trinajstić information content (AvgIpc) is 3.32. The molecule has 0 radical (unpaired) electrons. The van der Waals surface area contributed by atoms with Crippen molar-refractivity contribution in [1.29, 1.82) is 0 Å². The lowest BCUT2D eigenvalue weighted by Gasteiger charge is -2.37. The van der Waals surface area contributed by atoms with Crippen molar-refractivity contribution < 1.29 is 9.84 Å². The van der Waals surface area contributed by atoms with E-state index in [9.17, 15) is 5.11 Å². The molecule has 3 aromatic rings. The number of aromatic nitrogens is 2. The fraction of sp³-hybridized carbons (Fsp3) is 0.429. The molecule has 2 aromatic heterocycles. The number of rotatable bonds is 5. The van der Waals surface area contributed by atoms with Gasteiger partial charge in [0.1, 0.15) is 12.2 Å². The van der Waals surface area contributed by atoms with Crippen LogP contribution in [0.5, 0.6) is 5.75 Å². The lowest BCUT2D eigenvalue weighted by molar-refractivity contribution is -0.0149. The molecule has 0 bridgehead atoms. The first kappa shape index (κ1) is 23.8. The zero-order valence-electron chi connectivity index (χ0n) is 20.3. The zero-order valence-corrected chi connectivity index (χ0v) is 21.1. The van der Waals surface area contributed by atoms with Crippen LogP contribution in [-0.4, -0.2) is 45.7 Å². The second-order valence-electron chi connectivity index (χ2n) is 10.0. The van der Waals surface area contributed by atoms with E-state index in [1.165, 1.54) is 5.01 Å². The maximum atomic E-state index is 10.4. The molecule has 0 unspecified atom stereocenters. The van der Waals surface area contributed by atoms with Crippen LogP contribution in [0.3, 0.4) is 0 Å². The lowest BCUT2D eigenvalue weighted by Crippen LogP contribution is -2.41. The van der Waals surface area contributed by atoms with Gasteiger partial charge in [0, 0.05) is 29.4 Å². The third kappa shape index (κ3) is 5.67. The Hall–Kier alpha value is -2.92. The molecule has 1 saturated carbocycles. The molecule has 1 aromatic carbocycles. The van der Waals surface area contributed by atoms with Gasteiger partial charge in [-0.05, 0) is 75.5 Å². The molecule has 1 aliphatic heterocycles. The Balaban J connectivity index is 1.25. The summed E-state index contributed by atoms with van der Waals surface area (Å²) in [6.45, 7) is 4.73. The Morgan fingerprint density at radius 2 is 2.00 bits per heavy atom. The number of ether oxygens (including phenoxy) is 1. The molecule has 5 rings (SSSR count). The predicted molar refractivity (Wildman–Crippen MR) is 140 cm³/mol. The molecule has 6 nitrogen and oxygen atoms in total. The number of benzene rings is 1. The van der Waals surface area contributed by atoms with Gasteiger partial charge >= 0.3 is 0 Å². The third-order valence-electron chi connectivity index (χ3n) is 6.89. The molecular weight excluding hydrogens is 456 g/mol. The molecule has 3 N–H and O–H groups in total. The number of thiazole rings is 1. The Labute approximate surface area is 211 Å². The Kier molecular flexibility index (Phi) is 6.79. The van der Waals surface area contributed by atoms with Crippen LogP contribution in [0.2, 0.25) is 0 Å². The topological polar surface area (TPSA) is 84.5 Å². The summed E-state index contributed by atoms with van der Waals surface area (Å²) in [5, 5.41) is 11.6. The van der Waals surface area contributed by atoms with Gasteiger partial charge < -0.3 is 20.5 Å². The number of piperidine rings is 1. The highest BCUT2D eigenvalue weighted by molar-refractivity contribution is 7.15. The largest absolute Gasteiger partial charge is 0.485 e. The molecule has 3 heterocycles. The van der Waals surface area contributed by atoms with Crippen LogP contribution < -0.4 is 10.5 Å². The smallest absolute Gasteiger partial charge is 0.166 e. The number of anilines is 1. The van der Waals surface area contributed by atoms with E-state index >= 15 is 0 Å². The van der Waals surface area contributed by atoms with Crippen LogP contribution in [-0.2, 0) is 6.61 Å². The minimum absolute atomic E-state index is 0.357. The monoisotopic (exact) mass is 488 g/mol. The van der Waals surface area contributed by atoms with Gasteiger partial charge in [0.2, 0.25) is 0 Å². The van der Waals surface area contributed by atoms with Crippen LogP contribution in [0, 0.1) is 17.8 Å². The quantitative estimate of drug-likeness (QED) is 0.507. The maximum absolute atomic E-state index is 10.4. The van der Waals surface area contributed by atoms with Crippen LogP contribution >= 0.6 is 11.3 Å². The highest BCUT2D eigenvalue weighted by Gasteiger charge is 2.38. The zero-order chi connectivity index (χ0) is 24.4. The highest BCUT2D eigenvalue weighted by Crippen LogP contribution is 2.37. The minimum Gasteiger partial charge on any atom is -0.485 e. The number of likely N-dealkylation sites (tertiary alicyclic amines) is 1. The van der Waals surface area contributed by atoms with Gasteiger partial charge in [-0.15, -0.1) is 11.3 Å². The number of nitrogens with zero attached hydrogens (tertiary/aromatic N) is 3. The van der Waals surface area contributed by atoms with Gasteiger partial charge in [-0.3, -0.25) is 0 Å². The first-order chi connectivity index (χ1) is 16.9. The molecule has 35 heavy (non-hydrogen) atoms. The summed E-state index contributed by atoms with van der Waals surface area (Å²) in [6.07, 6.45) is 7.51. The van der Waals surface area contributed by atoms with Gasteiger partial charge in [0.25, 0.3) is 0 Å². The first-order valence-electron chi connectivity index (χ1n) is 12.2. The van der Waals surface area contributed by atoms with Crippen molar-refractivity contribution in [2.45, 2.75) is 50.7 Å². The van der Waals surface area contributed by atoms with Crippen molar-refractivity contribution >= 4 is 17.2 Å². The molecule has 2 fully saturated rings. The maximum Gasteiger partial charge on any atom is 0.166 e. The number of hydrogen-bond acceptors (Lipinski definition) is 7. The molecule has 7 heteroatoms. The summed E-state index contributed by atoms with van der Waals surface area (Å²) in [7, 11) is 2.18. The van der Waals surface area contributed by atoms with Gasteiger partial charge in [-0.1, -0.05) is 30.9 Å². The fourth-order valence-electron chi connectivity index (χ4n) is 4.85. The molecule has 1 aliphatic carbocycles. The highest BCUT2D eigenvalue weighted by atomic mass is 32.1. The minimum atomic E-state index is -0.837. The van der Waals surface area contributed by atoms with Gasteiger partial charge in [0.05, 0.1) is 9.88 Å². The molecule has 0 spiro atoms. The van der Waals surface area contributed by atoms with Crippen LogP contribution in [0.25, 0.3) is 10.4 Å². The van der Waals surface area contributed by atoms with Crippen molar-refractivity contribution in [3.05, 3.63) is 58.9 Å². The van der Waals surface area contributed by atoms with E-state index in [2.05, 4.69) is 35.7 Å². The molecule has 0 amide bonds. The third-order valence-corrected chi connectivity index (χ3v) is 8.10. The summed E-state index contributed by atoms with van der Waals surface area (Å²) < 4.78 is 6.06. The molecule has 0 atom stereocenters. The molecule has 2 aliphatic rings. The van der Waals surface area contributed by atoms with Crippen molar-refractivity contribution in [2.75, 3.05) is 25.9 Å². The summed E-state index contributed by atoms with van der Waals surface area (Å²) in [5.74, 6) is 8.15. The second-order valence-corrected chi connectivity index (χ2v) is 11.1. The van der Waals surface area contributed by atoms with Crippen LogP contribution in [0.15, 0.2) is 42.7 Å². The number of hydrogen-bond donors (Lipinski definition) is 2. The number of pyridine rings is 1. The number of aliphatic hydroxyl groups is 1. The Bertz CT molecular complexity index is 1250. The average molecular weight is 489 g/mol. The van der Waals surface area contributed by atoms with Gasteiger partial charge in [-0.25, -0.2) is 9.97 Å². The standard InChI is InChI=1S/C28H32N4O2S/c1-19-14-28(33,15-19)9-6-20-4-3-5-21(12-20)18-34-24-13-23(16-30-26(24)29)25-17-31-27(35-25)22-7-10-32(2)11-8-22/h3-5,12-13,16-17,19,22,33H,7-8,10-11,14-15,18H2,1-2H3,(H2,29,30). The lowest BCUT2D eigenvalue weighted by atomic mass is 9.72. The summed E-state index contributed by atoms with van der Waals surface area (Å²) >= 11 is 1.74. The van der Waals surface area contributed by atoms with Crippen LogP contribution in [0.4, 0.5) is 5.82 Å². The normalized spacial score (nSPS) is 22.8. The summed E-state index contributed by atoms with van der Waals surface area (Å²) in [5.41, 5.74) is 8.10. The van der Waals surface area contributed by atoms with E-state index < -0.39 is 5.60 Å². The number of nitrogen functional groups attached to an aromatic ring is 1. The molecule has 182 valence electrons. The Morgan fingerprint density at radius 1 is 1.20 bits per heavy atom. The SMILES string of the molecule is CC1CC(O)(C#Cc2cccc(COc3cc(-c4cnc(C5CCN(C)CC5)s4)cnc3N)c2)C1. The molecule has 1 saturated heterocycles. The van der Waals surface area contributed by atoms with Crippen molar-refractivity contribution in [2.24, 2.45) is 5.92 Å². The van der Waals surface area contributed by atoms with E-state index in [1.54, 1.807) is 17.5 Å². The van der Waals surface area contributed by atoms with E-state index in [1.807, 2.05) is 36.5 Å². The number of nitrogens with two attached hydrogens (primary N) is 1. The molecular formula is C28H32N4O2S. The summed E-state index contributed by atoms with van der Waals surface area (Å²) in [4.78, 5) is 12.5. The van der Waals surface area contributed by atoms with Crippen molar-refractivity contribution in [1.82, 2.24) is 14.9 Å². The van der Waals surface area contributed by atoms with Gasteiger partial charge in [0.15, 0.2) is 11.6 Å². The van der Waals surface area contributed by atoms with Crippen molar-refractivity contribution in [3.63, 3.8) is 0 Å². The van der Waals surface area contributed by atoms with E-state index in [0.29, 0.717) is 30.0 Å². The van der Waals surface area contributed by atoms with Gasteiger partial charge in [-0.2, -0.15) is 0 Å². The Morgan fingerprint density at radius 3 is 2.77 bits per heavy atom. The van der Waals surface area contributed by atoms with E-state index in [4.69, 9.17) is 15.5 Å². The fourth-order valence-corrected chi connectivity index (χ4v) is 5.92. The van der Waals surface area contributed by atoms with Crippen molar-refractivity contribution in [3.8, 4) is 28.0 Å². The summed E-state index contributed by atoms with van der Waals surface area (Å²) in [6, 6.07) is 9.84. The van der Waals surface area contributed by atoms with E-state index in [-0.39, 0.29) is 0 Å². The second kappa shape index (κ2) is 9.98. The van der Waals surface area contributed by atoms with E-state index in [0.717, 1.165) is 60.3 Å².